The zero-order chi connectivity index (χ0) is 9.14. The van der Waals surface area contributed by atoms with Gasteiger partial charge >= 0.3 is 5.97 Å². The van der Waals surface area contributed by atoms with E-state index >= 15 is 0 Å². The summed E-state index contributed by atoms with van der Waals surface area (Å²) in [6.45, 7) is 0. The molecule has 2 radical (unpaired) electrons. The summed E-state index contributed by atoms with van der Waals surface area (Å²) in [7, 11) is 6.60. The minimum Gasteiger partial charge on any atom is -0.509 e. The molecule has 1 N–H and O–H groups in total. The number of benzene rings is 1. The van der Waals surface area contributed by atoms with E-state index in [1.165, 1.54) is 25.3 Å². The molecule has 0 atom stereocenters. The molecule has 1 rings (SSSR count). The summed E-state index contributed by atoms with van der Waals surface area (Å²) in [6, 6.07) is 4.20. The van der Waals surface area contributed by atoms with Crippen LogP contribution in [0.5, 0.6) is 5.75 Å². The Morgan fingerprint density at radius 2 is 2.25 bits per heavy atom. The van der Waals surface area contributed by atoms with Gasteiger partial charge in [0.05, 0.1) is 12.7 Å². The first-order chi connectivity index (χ1) is 5.65. The second-order valence-electron chi connectivity index (χ2n) is 2.27. The van der Waals surface area contributed by atoms with Crippen molar-refractivity contribution >= 4 is 19.3 Å². The third kappa shape index (κ3) is 1.58. The molecule has 0 heterocycles. The molecule has 0 amide bonds. The molecular formula is C8H7BO3. The van der Waals surface area contributed by atoms with Crippen LogP contribution in [0.1, 0.15) is 10.4 Å². The van der Waals surface area contributed by atoms with Crippen LogP contribution in [0.25, 0.3) is 0 Å². The largest absolute Gasteiger partial charge is 0.509 e. The fraction of sp³-hybridized carbons (Fsp3) is 0.125. The highest BCUT2D eigenvalue weighted by atomic mass is 16.5. The third-order valence-electron chi connectivity index (χ3n) is 1.45. The number of ether oxygens (including phenoxy) is 1. The first kappa shape index (κ1) is 8.65. The molecule has 0 aliphatic carbocycles. The van der Waals surface area contributed by atoms with E-state index in [1.54, 1.807) is 0 Å². The molecule has 0 spiro atoms. The summed E-state index contributed by atoms with van der Waals surface area (Å²) in [6.07, 6.45) is 0. The van der Waals surface area contributed by atoms with Gasteiger partial charge in [-0.25, -0.2) is 4.79 Å². The van der Waals surface area contributed by atoms with Gasteiger partial charge in [0, 0.05) is 0 Å². The highest BCUT2D eigenvalue weighted by molar-refractivity contribution is 6.34. The van der Waals surface area contributed by atoms with Crippen molar-refractivity contribution in [2.24, 2.45) is 0 Å². The molecule has 0 unspecified atom stereocenters. The zero-order valence-corrected chi connectivity index (χ0v) is 6.57. The van der Waals surface area contributed by atoms with Gasteiger partial charge in [0.2, 0.25) is 0 Å². The number of rotatable bonds is 1. The molecule has 60 valence electrons. The van der Waals surface area contributed by atoms with Crippen molar-refractivity contribution in [2.75, 3.05) is 7.11 Å². The van der Waals surface area contributed by atoms with Crippen LogP contribution < -0.4 is 5.46 Å². The molecule has 1 aromatic carbocycles. The van der Waals surface area contributed by atoms with Crippen LogP contribution in [0.15, 0.2) is 18.2 Å². The minimum absolute atomic E-state index is 0.113. The normalized spacial score (nSPS) is 9.42. The highest BCUT2D eigenvalue weighted by Gasteiger charge is 2.05. The summed E-state index contributed by atoms with van der Waals surface area (Å²) in [5.41, 5.74) is 0.520. The summed E-state index contributed by atoms with van der Waals surface area (Å²) >= 11 is 0. The fourth-order valence-electron chi connectivity index (χ4n) is 0.788. The van der Waals surface area contributed by atoms with Crippen LogP contribution in [0, 0.1) is 0 Å². The SMILES string of the molecule is [B]c1ccc(C(=O)OC)cc1O. The molecular weight excluding hydrogens is 155 g/mol. The predicted octanol–water partition coefficient (Wildman–Crippen LogP) is -0.0274. The second kappa shape index (κ2) is 3.30. The number of esters is 1. The van der Waals surface area contributed by atoms with Crippen LogP contribution in [0.2, 0.25) is 0 Å². The van der Waals surface area contributed by atoms with E-state index in [1.807, 2.05) is 0 Å². The Bertz CT molecular complexity index is 309. The van der Waals surface area contributed by atoms with Crippen molar-refractivity contribution in [3.63, 3.8) is 0 Å². The van der Waals surface area contributed by atoms with Crippen molar-refractivity contribution < 1.29 is 14.6 Å². The molecule has 1 aromatic rings. The maximum Gasteiger partial charge on any atom is 0.337 e. The molecule has 0 saturated carbocycles. The van der Waals surface area contributed by atoms with Crippen molar-refractivity contribution in [1.29, 1.82) is 0 Å². The van der Waals surface area contributed by atoms with Gasteiger partial charge < -0.3 is 9.84 Å². The topological polar surface area (TPSA) is 46.5 Å². The number of carbonyl (C=O) groups excluding carboxylic acids is 1. The summed E-state index contributed by atoms with van der Waals surface area (Å²) in [5, 5.41) is 9.11. The standard InChI is InChI=1S/C8H7BO3/c1-12-8(11)5-2-3-6(9)7(10)4-5/h2-4,10H,1H3. The van der Waals surface area contributed by atoms with Gasteiger partial charge in [-0.15, -0.1) is 0 Å². The van der Waals surface area contributed by atoms with E-state index in [2.05, 4.69) is 4.74 Å². The molecule has 0 aliphatic rings. The Hall–Kier alpha value is -1.45. The number of aromatic hydroxyl groups is 1. The quantitative estimate of drug-likeness (QED) is 0.465. The van der Waals surface area contributed by atoms with E-state index < -0.39 is 5.97 Å². The predicted molar refractivity (Wildman–Crippen MR) is 44.8 cm³/mol. The van der Waals surface area contributed by atoms with Crippen molar-refractivity contribution in [3.8, 4) is 5.75 Å². The fourth-order valence-corrected chi connectivity index (χ4v) is 0.788. The Labute approximate surface area is 71.4 Å². The first-order valence-corrected chi connectivity index (χ1v) is 3.32. The molecule has 0 bridgehead atoms. The lowest BCUT2D eigenvalue weighted by Crippen LogP contribution is -2.06. The zero-order valence-electron chi connectivity index (χ0n) is 6.57. The lowest BCUT2D eigenvalue weighted by Gasteiger charge is -2.01. The van der Waals surface area contributed by atoms with E-state index in [4.69, 9.17) is 13.0 Å². The van der Waals surface area contributed by atoms with Gasteiger partial charge in [-0.2, -0.15) is 0 Å². The molecule has 0 fully saturated rings. The average Bonchev–Trinajstić information content (AvgIpc) is 2.08. The number of phenolic OH excluding ortho intramolecular Hbond substituents is 1. The van der Waals surface area contributed by atoms with Gasteiger partial charge in [0.25, 0.3) is 0 Å². The Kier molecular flexibility index (Phi) is 2.38. The van der Waals surface area contributed by atoms with Crippen LogP contribution in [-0.4, -0.2) is 26.0 Å². The number of hydrogen-bond donors (Lipinski definition) is 1. The van der Waals surface area contributed by atoms with Crippen LogP contribution in [0.4, 0.5) is 0 Å². The third-order valence-corrected chi connectivity index (χ3v) is 1.45. The lowest BCUT2D eigenvalue weighted by atomic mass is 9.94. The molecule has 0 saturated heterocycles. The summed E-state index contributed by atoms with van der Waals surface area (Å²) < 4.78 is 4.44. The maximum atomic E-state index is 10.9. The lowest BCUT2D eigenvalue weighted by molar-refractivity contribution is 0.0600. The molecule has 0 aromatic heterocycles. The van der Waals surface area contributed by atoms with Crippen LogP contribution in [-0.2, 0) is 4.74 Å². The van der Waals surface area contributed by atoms with Gasteiger partial charge in [-0.3, -0.25) is 0 Å². The van der Waals surface area contributed by atoms with Gasteiger partial charge in [-0.1, -0.05) is 11.5 Å². The molecule has 3 nitrogen and oxygen atoms in total. The average molecular weight is 162 g/mol. The van der Waals surface area contributed by atoms with Gasteiger partial charge in [-0.05, 0) is 12.1 Å². The van der Waals surface area contributed by atoms with Crippen molar-refractivity contribution in [1.82, 2.24) is 0 Å². The molecule has 0 aliphatic heterocycles. The number of carbonyl (C=O) groups is 1. The number of phenols is 1. The second-order valence-corrected chi connectivity index (χ2v) is 2.27. The van der Waals surface area contributed by atoms with E-state index in [-0.39, 0.29) is 16.8 Å². The highest BCUT2D eigenvalue weighted by Crippen LogP contribution is 2.08. The van der Waals surface area contributed by atoms with Crippen molar-refractivity contribution in [2.45, 2.75) is 0 Å². The smallest absolute Gasteiger partial charge is 0.337 e. The summed E-state index contributed by atoms with van der Waals surface area (Å²) in [4.78, 5) is 10.9. The van der Waals surface area contributed by atoms with Gasteiger partial charge in [0.15, 0.2) is 0 Å². The molecule has 4 heteroatoms. The van der Waals surface area contributed by atoms with E-state index in [0.717, 1.165) is 0 Å². The number of methoxy groups -OCH3 is 1. The Morgan fingerprint density at radius 1 is 1.58 bits per heavy atom. The minimum atomic E-state index is -0.495. The van der Waals surface area contributed by atoms with Crippen LogP contribution >= 0.6 is 0 Å². The van der Waals surface area contributed by atoms with Crippen molar-refractivity contribution in [3.05, 3.63) is 23.8 Å². The van der Waals surface area contributed by atoms with Crippen LogP contribution in [0.3, 0.4) is 0 Å². The van der Waals surface area contributed by atoms with Gasteiger partial charge in [0.1, 0.15) is 13.6 Å². The number of hydrogen-bond acceptors (Lipinski definition) is 3. The first-order valence-electron chi connectivity index (χ1n) is 3.32. The Morgan fingerprint density at radius 3 is 2.75 bits per heavy atom. The maximum absolute atomic E-state index is 10.9. The monoisotopic (exact) mass is 162 g/mol. The Balaban J connectivity index is 3.05. The molecule has 12 heavy (non-hydrogen) atoms. The summed E-state index contributed by atoms with van der Waals surface area (Å²) in [5.74, 6) is -0.608. The van der Waals surface area contributed by atoms with E-state index in [9.17, 15) is 4.79 Å². The van der Waals surface area contributed by atoms with E-state index in [0.29, 0.717) is 0 Å².